The second-order valence-corrected chi connectivity index (χ2v) is 12.4. The van der Waals surface area contributed by atoms with Crippen LogP contribution in [0, 0.1) is 23.7 Å². The van der Waals surface area contributed by atoms with Crippen LogP contribution in [0.5, 0.6) is 0 Å². The van der Waals surface area contributed by atoms with Crippen molar-refractivity contribution in [1.29, 1.82) is 0 Å². The summed E-state index contributed by atoms with van der Waals surface area (Å²) in [5.41, 5.74) is -0.277. The molecule has 1 saturated carbocycles. The Hall–Kier alpha value is -1.80. The number of hydrogen-bond acceptors (Lipinski definition) is 7. The number of hydrogen-bond donors (Lipinski definition) is 2. The largest absolute Gasteiger partial charge is 0.462 e. The molecule has 1 spiro atoms. The van der Waals surface area contributed by atoms with Gasteiger partial charge in [-0.3, -0.25) is 9.59 Å². The molecule has 0 aromatic carbocycles. The second-order valence-electron chi connectivity index (χ2n) is 12.4. The molecule has 212 valence electrons. The van der Waals surface area contributed by atoms with E-state index in [4.69, 9.17) is 14.2 Å². The van der Waals surface area contributed by atoms with Crippen molar-refractivity contribution in [1.82, 2.24) is 0 Å². The van der Waals surface area contributed by atoms with Gasteiger partial charge in [0.2, 0.25) is 0 Å². The molecule has 9 atom stereocenters. The number of aliphatic hydroxyl groups excluding tert-OH is 1. The summed E-state index contributed by atoms with van der Waals surface area (Å²) < 4.78 is 19.2. The van der Waals surface area contributed by atoms with E-state index in [1.54, 1.807) is 13.0 Å². The number of carbonyl (C=O) groups is 2. The number of aliphatic hydroxyl groups is 2. The third-order valence-electron chi connectivity index (χ3n) is 9.19. The van der Waals surface area contributed by atoms with Crippen LogP contribution >= 0.6 is 0 Å². The summed E-state index contributed by atoms with van der Waals surface area (Å²) in [6.45, 7) is 9.81. The van der Waals surface area contributed by atoms with E-state index in [1.807, 2.05) is 12.2 Å². The molecule has 3 heterocycles. The molecule has 2 saturated heterocycles. The lowest BCUT2D eigenvalue weighted by atomic mass is 9.67. The van der Waals surface area contributed by atoms with Crippen molar-refractivity contribution < 1.29 is 34.0 Å². The summed E-state index contributed by atoms with van der Waals surface area (Å²) in [6, 6.07) is 0. The zero-order valence-corrected chi connectivity index (χ0v) is 23.7. The summed E-state index contributed by atoms with van der Waals surface area (Å²) >= 11 is 0. The Kier molecular flexibility index (Phi) is 9.02. The monoisotopic (exact) mass is 530 g/mol. The highest BCUT2D eigenvalue weighted by atomic mass is 16.7. The molecule has 38 heavy (non-hydrogen) atoms. The molecule has 3 fully saturated rings. The minimum atomic E-state index is -1.79. The van der Waals surface area contributed by atoms with Crippen molar-refractivity contribution >= 4 is 11.8 Å². The van der Waals surface area contributed by atoms with Gasteiger partial charge in [0.05, 0.1) is 24.7 Å². The average molecular weight is 531 g/mol. The van der Waals surface area contributed by atoms with Crippen LogP contribution in [0.25, 0.3) is 0 Å². The van der Waals surface area contributed by atoms with Gasteiger partial charge in [-0.15, -0.1) is 0 Å². The van der Waals surface area contributed by atoms with Crippen LogP contribution in [0.1, 0.15) is 86.0 Å². The lowest BCUT2D eigenvalue weighted by Gasteiger charge is -2.49. The molecule has 4 aliphatic rings. The summed E-state index contributed by atoms with van der Waals surface area (Å²) in [7, 11) is 0. The lowest BCUT2D eigenvalue weighted by Crippen LogP contribution is -2.55. The third kappa shape index (κ3) is 6.33. The highest BCUT2D eigenvalue weighted by Gasteiger charge is 2.53. The first-order valence-electron chi connectivity index (χ1n) is 14.4. The van der Waals surface area contributed by atoms with Crippen LogP contribution in [-0.2, 0) is 23.8 Å². The highest BCUT2D eigenvalue weighted by molar-refractivity contribution is 5.87. The predicted octanol–water partition coefficient (Wildman–Crippen LogP) is 4.81. The van der Waals surface area contributed by atoms with Gasteiger partial charge in [0.15, 0.2) is 5.79 Å². The quantitative estimate of drug-likeness (QED) is 0.371. The topological polar surface area (TPSA) is 102 Å². The van der Waals surface area contributed by atoms with E-state index >= 15 is 0 Å². The van der Waals surface area contributed by atoms with Crippen molar-refractivity contribution in [3.63, 3.8) is 0 Å². The first kappa shape index (κ1) is 29.2. The summed E-state index contributed by atoms with van der Waals surface area (Å²) in [5.74, 6) is -2.11. The fourth-order valence-electron chi connectivity index (χ4n) is 6.60. The maximum absolute atomic E-state index is 13.7. The van der Waals surface area contributed by atoms with Crippen molar-refractivity contribution in [2.45, 2.75) is 116 Å². The van der Waals surface area contributed by atoms with E-state index in [9.17, 15) is 19.8 Å². The van der Waals surface area contributed by atoms with Crippen LogP contribution in [0.3, 0.4) is 0 Å². The zero-order chi connectivity index (χ0) is 27.7. The normalized spacial score (nSPS) is 46.8. The fourth-order valence-corrected chi connectivity index (χ4v) is 6.60. The molecule has 2 bridgehead atoms. The number of fused-ring (bicyclic) bond motifs is 3. The van der Waals surface area contributed by atoms with Gasteiger partial charge in [-0.1, -0.05) is 50.6 Å². The van der Waals surface area contributed by atoms with Crippen LogP contribution < -0.4 is 0 Å². The smallest absolute Gasteiger partial charge is 0.312 e. The SMILES string of the molecule is C/C1=C\C[C@@H]2C[C@@H](C[C@]3(CC[C@H](C)[C@@H](C)O3)O2)OC(=O)[C@@H]2C[C@H](C)C(=O)C[C@@]2(O)/C(CO)=C/C=C/[C@H](C)C1. The summed E-state index contributed by atoms with van der Waals surface area (Å²) in [5, 5.41) is 22.0. The molecule has 0 unspecified atom stereocenters. The van der Waals surface area contributed by atoms with Crippen molar-refractivity contribution in [3.05, 3.63) is 35.5 Å². The first-order chi connectivity index (χ1) is 17.9. The third-order valence-corrected chi connectivity index (χ3v) is 9.19. The number of esters is 1. The Morgan fingerprint density at radius 2 is 1.84 bits per heavy atom. The summed E-state index contributed by atoms with van der Waals surface area (Å²) in [4.78, 5) is 26.5. The molecule has 2 N–H and O–H groups in total. The van der Waals surface area contributed by atoms with Crippen LogP contribution in [0.15, 0.2) is 35.5 Å². The summed E-state index contributed by atoms with van der Waals surface area (Å²) in [6.07, 6.45) is 11.4. The number of carbonyl (C=O) groups excluding carboxylic acids is 2. The van der Waals surface area contributed by atoms with Gasteiger partial charge in [-0.05, 0) is 56.9 Å². The molecule has 0 aromatic rings. The Morgan fingerprint density at radius 3 is 2.55 bits per heavy atom. The maximum Gasteiger partial charge on any atom is 0.312 e. The Morgan fingerprint density at radius 1 is 1.08 bits per heavy atom. The van der Waals surface area contributed by atoms with Crippen LogP contribution in [-0.4, -0.2) is 58.3 Å². The number of ether oxygens (including phenoxy) is 3. The minimum Gasteiger partial charge on any atom is -0.462 e. The van der Waals surface area contributed by atoms with Gasteiger partial charge >= 0.3 is 5.97 Å². The van der Waals surface area contributed by atoms with E-state index in [0.717, 1.165) is 19.3 Å². The second kappa shape index (κ2) is 11.7. The standard InChI is InChI=1S/C31H46O7/c1-19-7-6-8-24(18-32)31(35)17-28(33)22(4)14-27(31)29(34)36-26-15-25(10-9-20(2)13-19)38-30(16-26)12-11-21(3)23(5)37-30/h6-9,19,21-23,25-27,32,35H,10-18H2,1-5H3/b7-6+,20-9+,24-8+/t19-,21-,22-,23+,25+,26-,27-,30-,31+/m0/s1. The highest BCUT2D eigenvalue weighted by Crippen LogP contribution is 2.45. The molecule has 0 amide bonds. The van der Waals surface area contributed by atoms with Crippen LogP contribution in [0.4, 0.5) is 0 Å². The lowest BCUT2D eigenvalue weighted by molar-refractivity contribution is -0.332. The molecule has 0 radical (unpaired) electrons. The molecule has 3 aliphatic heterocycles. The van der Waals surface area contributed by atoms with Crippen molar-refractivity contribution in [3.8, 4) is 0 Å². The van der Waals surface area contributed by atoms with Gasteiger partial charge in [-0.2, -0.15) is 0 Å². The average Bonchev–Trinajstić information content (AvgIpc) is 2.84. The molecular formula is C31H46O7. The van der Waals surface area contributed by atoms with Gasteiger partial charge in [-0.25, -0.2) is 0 Å². The molecule has 0 aromatic heterocycles. The van der Waals surface area contributed by atoms with E-state index in [-0.39, 0.29) is 48.2 Å². The predicted molar refractivity (Wildman–Crippen MR) is 144 cm³/mol. The number of ketones is 1. The van der Waals surface area contributed by atoms with E-state index in [1.165, 1.54) is 5.57 Å². The Balaban J connectivity index is 1.70. The molecule has 7 heteroatoms. The molecular weight excluding hydrogens is 484 g/mol. The number of Topliss-reactive ketones (excluding diaryl/α,β-unsaturated/α-hetero) is 1. The van der Waals surface area contributed by atoms with Gasteiger partial charge in [0.25, 0.3) is 0 Å². The fraction of sp³-hybridized carbons (Fsp3) is 0.742. The van der Waals surface area contributed by atoms with Gasteiger partial charge in [0.1, 0.15) is 17.5 Å². The van der Waals surface area contributed by atoms with E-state index in [2.05, 4.69) is 33.8 Å². The molecule has 1 aliphatic carbocycles. The molecule has 4 rings (SSSR count). The molecule has 7 nitrogen and oxygen atoms in total. The maximum atomic E-state index is 13.7. The van der Waals surface area contributed by atoms with E-state index in [0.29, 0.717) is 25.2 Å². The van der Waals surface area contributed by atoms with Crippen molar-refractivity contribution in [2.24, 2.45) is 23.7 Å². The Labute approximate surface area is 227 Å². The number of allylic oxidation sites excluding steroid dienone is 4. The number of rotatable bonds is 1. The Bertz CT molecular complexity index is 983. The van der Waals surface area contributed by atoms with Gasteiger partial charge in [0, 0.05) is 31.6 Å². The van der Waals surface area contributed by atoms with E-state index < -0.39 is 36.0 Å². The zero-order valence-electron chi connectivity index (χ0n) is 23.7. The van der Waals surface area contributed by atoms with Crippen molar-refractivity contribution in [2.75, 3.05) is 6.61 Å². The van der Waals surface area contributed by atoms with Gasteiger partial charge < -0.3 is 24.4 Å². The first-order valence-corrected chi connectivity index (χ1v) is 14.4. The minimum absolute atomic E-state index is 0.0363. The van der Waals surface area contributed by atoms with Crippen LogP contribution in [0.2, 0.25) is 0 Å².